The second kappa shape index (κ2) is 8.95. The van der Waals surface area contributed by atoms with Crippen molar-refractivity contribution in [3.8, 4) is 0 Å². The number of rotatable bonds is 6. The molecule has 2 aliphatic heterocycles. The molecule has 0 saturated carbocycles. The van der Waals surface area contributed by atoms with Gasteiger partial charge in [0.25, 0.3) is 0 Å². The third-order valence-corrected chi connectivity index (χ3v) is 9.87. The molecule has 1 unspecified atom stereocenters. The van der Waals surface area contributed by atoms with Gasteiger partial charge in [-0.25, -0.2) is 17.5 Å². The van der Waals surface area contributed by atoms with Gasteiger partial charge in [-0.05, 0) is 25.3 Å². The van der Waals surface area contributed by atoms with Crippen LogP contribution in [-0.2, 0) is 20.4 Å². The van der Waals surface area contributed by atoms with Crippen molar-refractivity contribution in [1.29, 1.82) is 0 Å². The van der Waals surface area contributed by atoms with Gasteiger partial charge in [-0.2, -0.15) is 0 Å². The molecule has 1 amide bonds. The molecule has 1 aromatic rings. The smallest absolute Gasteiger partial charge is 0.410 e. The number of allylic oxidation sites excluding steroid dienone is 3. The molecule has 6 nitrogen and oxygen atoms in total. The highest BCUT2D eigenvalue weighted by Gasteiger charge is 2.46. The van der Waals surface area contributed by atoms with Gasteiger partial charge in [0.15, 0.2) is 0 Å². The highest BCUT2D eigenvalue weighted by molar-refractivity contribution is 9.11. The monoisotopic (exact) mass is 522 g/mol. The van der Waals surface area contributed by atoms with Crippen LogP contribution in [-0.4, -0.2) is 55.1 Å². The molecule has 3 atom stereocenters. The number of carbonyl (C=O) groups is 1. The van der Waals surface area contributed by atoms with Gasteiger partial charge in [-0.3, -0.25) is 0 Å². The highest BCUT2D eigenvalue weighted by Crippen LogP contribution is 2.42. The Kier molecular flexibility index (Phi) is 6.58. The SMILES string of the molecule is C[C@H](N1CC[C@](CCN2CCCS2(=O)=O)(c2ccccc2)OC1=O)C1(C)C=CC(Br)=CC1. The molecule has 174 valence electrons. The second-order valence-electron chi connectivity index (χ2n) is 9.30. The van der Waals surface area contributed by atoms with Crippen molar-refractivity contribution < 1.29 is 17.9 Å². The molecule has 0 N–H and O–H groups in total. The van der Waals surface area contributed by atoms with Crippen LogP contribution in [0.5, 0.6) is 0 Å². The summed E-state index contributed by atoms with van der Waals surface area (Å²) in [6.07, 6.45) is 8.58. The number of hydrogen-bond donors (Lipinski definition) is 0. The Morgan fingerprint density at radius 3 is 2.56 bits per heavy atom. The van der Waals surface area contributed by atoms with Crippen molar-refractivity contribution >= 4 is 32.0 Å². The minimum Gasteiger partial charge on any atom is -0.438 e. The lowest BCUT2D eigenvalue weighted by Gasteiger charge is -2.47. The maximum absolute atomic E-state index is 13.3. The minimum absolute atomic E-state index is 0.0316. The number of halogens is 1. The normalized spacial score (nSPS) is 31.3. The van der Waals surface area contributed by atoms with Crippen molar-refractivity contribution in [3.63, 3.8) is 0 Å². The van der Waals surface area contributed by atoms with Gasteiger partial charge in [0.2, 0.25) is 10.0 Å². The fraction of sp³-hybridized carbons (Fsp3) is 0.542. The summed E-state index contributed by atoms with van der Waals surface area (Å²) in [4.78, 5) is 15.1. The summed E-state index contributed by atoms with van der Waals surface area (Å²) >= 11 is 3.51. The average molecular weight is 523 g/mol. The number of hydrogen-bond acceptors (Lipinski definition) is 4. The molecule has 0 spiro atoms. The average Bonchev–Trinajstić information content (AvgIpc) is 3.12. The van der Waals surface area contributed by atoms with Crippen molar-refractivity contribution in [2.24, 2.45) is 5.41 Å². The van der Waals surface area contributed by atoms with Gasteiger partial charge in [-0.1, -0.05) is 71.4 Å². The van der Waals surface area contributed by atoms with Gasteiger partial charge in [0.05, 0.1) is 5.75 Å². The zero-order valence-electron chi connectivity index (χ0n) is 18.7. The number of carbonyl (C=O) groups excluding carboxylic acids is 1. The van der Waals surface area contributed by atoms with Gasteiger partial charge >= 0.3 is 6.09 Å². The summed E-state index contributed by atoms with van der Waals surface area (Å²) in [6, 6.07) is 9.71. The molecule has 0 bridgehead atoms. The van der Waals surface area contributed by atoms with E-state index in [1.54, 1.807) is 4.31 Å². The van der Waals surface area contributed by atoms with E-state index in [-0.39, 0.29) is 23.3 Å². The van der Waals surface area contributed by atoms with Crippen LogP contribution in [0.2, 0.25) is 0 Å². The molecule has 0 aromatic heterocycles. The number of amides is 1. The van der Waals surface area contributed by atoms with E-state index >= 15 is 0 Å². The number of cyclic esters (lactones) is 1. The Hall–Kier alpha value is -1.64. The summed E-state index contributed by atoms with van der Waals surface area (Å²) in [6.45, 7) is 5.70. The van der Waals surface area contributed by atoms with Crippen LogP contribution < -0.4 is 0 Å². The zero-order valence-corrected chi connectivity index (χ0v) is 21.1. The van der Waals surface area contributed by atoms with Crippen LogP contribution in [0.4, 0.5) is 4.79 Å². The lowest BCUT2D eigenvalue weighted by atomic mass is 9.76. The van der Waals surface area contributed by atoms with Crippen LogP contribution in [0, 0.1) is 5.41 Å². The maximum Gasteiger partial charge on any atom is 0.410 e. The fourth-order valence-corrected chi connectivity index (χ4v) is 6.75. The fourth-order valence-electron chi connectivity index (χ4n) is 4.92. The summed E-state index contributed by atoms with van der Waals surface area (Å²) in [5.41, 5.74) is -0.0705. The Bertz CT molecular complexity index is 1030. The Morgan fingerprint density at radius 2 is 1.97 bits per heavy atom. The number of nitrogens with zero attached hydrogens (tertiary/aromatic N) is 2. The van der Waals surface area contributed by atoms with E-state index in [0.717, 1.165) is 16.5 Å². The predicted molar refractivity (Wildman–Crippen MR) is 129 cm³/mol. The van der Waals surface area contributed by atoms with Crippen molar-refractivity contribution in [3.05, 3.63) is 58.6 Å². The Labute approximate surface area is 199 Å². The third kappa shape index (κ3) is 4.54. The van der Waals surface area contributed by atoms with Gasteiger partial charge in [0, 0.05) is 48.4 Å². The van der Waals surface area contributed by atoms with Crippen LogP contribution in [0.25, 0.3) is 0 Å². The summed E-state index contributed by atoms with van der Waals surface area (Å²) in [7, 11) is -3.20. The molecule has 2 saturated heterocycles. The van der Waals surface area contributed by atoms with Gasteiger partial charge in [-0.15, -0.1) is 0 Å². The standard InChI is InChI=1S/C24H31BrN2O4S/c1-19(23(2)11-9-21(25)10-12-23)27-17-14-24(31-22(27)28,20-7-4-3-5-8-20)13-16-26-15-6-18-32(26,29)30/h3-5,7-11,19H,6,12-18H2,1-2H3/t19-,23?,24+/m0/s1. The summed E-state index contributed by atoms with van der Waals surface area (Å²) in [5, 5.41) is 0. The molecule has 2 fully saturated rings. The number of benzene rings is 1. The first-order chi connectivity index (χ1) is 15.2. The second-order valence-corrected chi connectivity index (χ2v) is 12.3. The van der Waals surface area contributed by atoms with Gasteiger partial charge in [0.1, 0.15) is 5.60 Å². The van der Waals surface area contributed by atoms with E-state index < -0.39 is 15.6 Å². The van der Waals surface area contributed by atoms with E-state index in [0.29, 0.717) is 38.9 Å². The first kappa shape index (κ1) is 23.5. The lowest BCUT2D eigenvalue weighted by molar-refractivity contribution is -0.0741. The molecule has 1 aliphatic carbocycles. The van der Waals surface area contributed by atoms with Crippen LogP contribution in [0.15, 0.2) is 53.0 Å². The summed E-state index contributed by atoms with van der Waals surface area (Å²) < 4.78 is 33.4. The summed E-state index contributed by atoms with van der Waals surface area (Å²) in [5.74, 6) is 0.201. The molecular weight excluding hydrogens is 492 g/mol. The quantitative estimate of drug-likeness (QED) is 0.538. The van der Waals surface area contributed by atoms with E-state index in [9.17, 15) is 13.2 Å². The number of sulfonamides is 1. The first-order valence-corrected chi connectivity index (χ1v) is 13.6. The van der Waals surface area contributed by atoms with Crippen LogP contribution >= 0.6 is 15.9 Å². The first-order valence-electron chi connectivity index (χ1n) is 11.2. The Morgan fingerprint density at radius 1 is 1.22 bits per heavy atom. The van der Waals surface area contributed by atoms with E-state index in [4.69, 9.17) is 4.74 Å². The minimum atomic E-state index is -3.20. The Balaban J connectivity index is 1.54. The van der Waals surface area contributed by atoms with E-state index in [1.807, 2.05) is 41.3 Å². The molecular formula is C24H31BrN2O4S. The van der Waals surface area contributed by atoms with Crippen LogP contribution in [0.3, 0.4) is 0 Å². The third-order valence-electron chi connectivity index (χ3n) is 7.32. The molecule has 2 heterocycles. The van der Waals surface area contributed by atoms with Crippen LogP contribution in [0.1, 0.15) is 45.1 Å². The molecule has 3 aliphatic rings. The molecule has 4 rings (SSSR count). The highest BCUT2D eigenvalue weighted by atomic mass is 79.9. The molecule has 8 heteroatoms. The molecule has 1 aromatic carbocycles. The molecule has 0 radical (unpaired) electrons. The maximum atomic E-state index is 13.3. The van der Waals surface area contributed by atoms with Gasteiger partial charge < -0.3 is 9.64 Å². The van der Waals surface area contributed by atoms with E-state index in [2.05, 4.69) is 41.9 Å². The van der Waals surface area contributed by atoms with Crippen molar-refractivity contribution in [2.75, 3.05) is 25.4 Å². The van der Waals surface area contributed by atoms with Crippen molar-refractivity contribution in [2.45, 2.75) is 51.2 Å². The lowest BCUT2D eigenvalue weighted by Crippen LogP contribution is -2.55. The number of ether oxygens (including phenoxy) is 1. The van der Waals surface area contributed by atoms with Crippen molar-refractivity contribution in [1.82, 2.24) is 9.21 Å². The topological polar surface area (TPSA) is 66.9 Å². The largest absolute Gasteiger partial charge is 0.438 e. The predicted octanol–water partition coefficient (Wildman–Crippen LogP) is 4.78. The van der Waals surface area contributed by atoms with E-state index in [1.165, 1.54) is 0 Å². The molecule has 32 heavy (non-hydrogen) atoms. The zero-order chi connectivity index (χ0) is 23.0.